The molecule has 0 atom stereocenters. The number of carbonyl (C=O) groups excluding carboxylic acids is 2. The number of hydrogen-bond acceptors (Lipinski definition) is 6. The van der Waals surface area contributed by atoms with E-state index in [1.54, 1.807) is 21.2 Å². The smallest absolute Gasteiger partial charge is 0.358 e. The standard InChI is InChI=1S/C19H18N4O3S/c1-22-10-14(9-20-22)18-21-15(12-27-18)19(25)26-11-17(24)23-8-4-6-13-5-2-3-7-16(13)23/h2-3,5,7,9-10,12H,4,6,8,11H2,1H3. The molecule has 0 saturated carbocycles. The summed E-state index contributed by atoms with van der Waals surface area (Å²) in [6, 6.07) is 7.82. The highest BCUT2D eigenvalue weighted by atomic mass is 32.1. The predicted molar refractivity (Wildman–Crippen MR) is 102 cm³/mol. The zero-order chi connectivity index (χ0) is 18.8. The van der Waals surface area contributed by atoms with E-state index in [0.717, 1.165) is 29.7 Å². The Morgan fingerprint density at radius 1 is 1.30 bits per heavy atom. The van der Waals surface area contributed by atoms with E-state index in [4.69, 9.17) is 4.74 Å². The summed E-state index contributed by atoms with van der Waals surface area (Å²) in [6.45, 7) is 0.335. The molecular formula is C19H18N4O3S. The first-order valence-electron chi connectivity index (χ1n) is 8.62. The van der Waals surface area contributed by atoms with Gasteiger partial charge >= 0.3 is 5.97 Å². The lowest BCUT2D eigenvalue weighted by atomic mass is 10.0. The third-order valence-electron chi connectivity index (χ3n) is 4.40. The van der Waals surface area contributed by atoms with E-state index in [-0.39, 0.29) is 18.2 Å². The Labute approximate surface area is 160 Å². The van der Waals surface area contributed by atoms with E-state index in [2.05, 4.69) is 10.1 Å². The summed E-state index contributed by atoms with van der Waals surface area (Å²) >= 11 is 1.34. The van der Waals surface area contributed by atoms with Gasteiger partial charge in [0.15, 0.2) is 12.3 Å². The van der Waals surface area contributed by atoms with Crippen molar-refractivity contribution >= 4 is 28.9 Å². The highest BCUT2D eigenvalue weighted by Crippen LogP contribution is 2.27. The van der Waals surface area contributed by atoms with Gasteiger partial charge in [-0.15, -0.1) is 11.3 Å². The van der Waals surface area contributed by atoms with E-state index in [0.29, 0.717) is 11.6 Å². The van der Waals surface area contributed by atoms with Gasteiger partial charge in [0.2, 0.25) is 0 Å². The maximum atomic E-state index is 12.5. The molecule has 0 radical (unpaired) electrons. The Morgan fingerprint density at radius 2 is 2.15 bits per heavy atom. The number of nitrogens with zero attached hydrogens (tertiary/aromatic N) is 4. The van der Waals surface area contributed by atoms with E-state index in [1.807, 2.05) is 37.5 Å². The normalized spacial score (nSPS) is 13.3. The van der Waals surface area contributed by atoms with E-state index in [1.165, 1.54) is 11.3 Å². The number of esters is 1. The Morgan fingerprint density at radius 3 is 2.96 bits per heavy atom. The lowest BCUT2D eigenvalue weighted by molar-refractivity contribution is -0.121. The van der Waals surface area contributed by atoms with Crippen molar-refractivity contribution in [1.82, 2.24) is 14.8 Å². The van der Waals surface area contributed by atoms with Crippen molar-refractivity contribution in [3.8, 4) is 10.6 Å². The van der Waals surface area contributed by atoms with Crippen LogP contribution < -0.4 is 4.90 Å². The molecule has 0 aliphatic carbocycles. The second-order valence-corrected chi connectivity index (χ2v) is 7.15. The molecule has 0 fully saturated rings. The van der Waals surface area contributed by atoms with Crippen LogP contribution in [0.2, 0.25) is 0 Å². The third kappa shape index (κ3) is 3.61. The minimum Gasteiger partial charge on any atom is -0.451 e. The van der Waals surface area contributed by atoms with Crippen molar-refractivity contribution in [3.05, 3.63) is 53.3 Å². The summed E-state index contributed by atoms with van der Waals surface area (Å²) in [5, 5.41) is 6.41. The fourth-order valence-corrected chi connectivity index (χ4v) is 3.87. The van der Waals surface area contributed by atoms with E-state index < -0.39 is 5.97 Å². The topological polar surface area (TPSA) is 77.3 Å². The SMILES string of the molecule is Cn1cc(-c2nc(C(=O)OCC(=O)N3CCCc4ccccc43)cs2)cn1. The molecule has 1 amide bonds. The maximum Gasteiger partial charge on any atom is 0.358 e. The van der Waals surface area contributed by atoms with Crippen molar-refractivity contribution in [2.45, 2.75) is 12.8 Å². The number of rotatable bonds is 4. The lowest BCUT2D eigenvalue weighted by Gasteiger charge is -2.29. The summed E-state index contributed by atoms with van der Waals surface area (Å²) in [4.78, 5) is 30.8. The predicted octanol–water partition coefficient (Wildman–Crippen LogP) is 2.68. The van der Waals surface area contributed by atoms with Crippen LogP contribution >= 0.6 is 11.3 Å². The number of ether oxygens (including phenoxy) is 1. The molecule has 1 aliphatic heterocycles. The number of para-hydroxylation sites is 1. The van der Waals surface area contributed by atoms with E-state index in [9.17, 15) is 9.59 Å². The van der Waals surface area contributed by atoms with Crippen LogP contribution in [0.15, 0.2) is 42.0 Å². The first kappa shape index (κ1) is 17.4. The van der Waals surface area contributed by atoms with Crippen molar-refractivity contribution in [2.24, 2.45) is 7.05 Å². The second-order valence-electron chi connectivity index (χ2n) is 6.29. The van der Waals surface area contributed by atoms with Gasteiger partial charge in [-0.25, -0.2) is 9.78 Å². The van der Waals surface area contributed by atoms with Crippen molar-refractivity contribution in [3.63, 3.8) is 0 Å². The van der Waals surface area contributed by atoms with Crippen LogP contribution in [0.25, 0.3) is 10.6 Å². The number of aromatic nitrogens is 3. The van der Waals surface area contributed by atoms with Crippen LogP contribution in [0, 0.1) is 0 Å². The lowest BCUT2D eigenvalue weighted by Crippen LogP contribution is -2.38. The van der Waals surface area contributed by atoms with Gasteiger partial charge < -0.3 is 9.64 Å². The summed E-state index contributed by atoms with van der Waals surface area (Å²) in [5.74, 6) is -0.821. The summed E-state index contributed by atoms with van der Waals surface area (Å²) in [7, 11) is 1.82. The zero-order valence-electron chi connectivity index (χ0n) is 14.8. The molecule has 0 saturated heterocycles. The van der Waals surface area contributed by atoms with Gasteiger partial charge in [0.1, 0.15) is 5.01 Å². The number of fused-ring (bicyclic) bond motifs is 1. The van der Waals surface area contributed by atoms with Gasteiger partial charge in [0.05, 0.1) is 6.20 Å². The molecule has 0 spiro atoms. The molecule has 0 bridgehead atoms. The number of benzene rings is 1. The quantitative estimate of drug-likeness (QED) is 0.649. The van der Waals surface area contributed by atoms with Gasteiger partial charge in [-0.3, -0.25) is 9.48 Å². The minimum absolute atomic E-state index is 0.200. The average Bonchev–Trinajstić information content (AvgIpc) is 3.34. The van der Waals surface area contributed by atoms with Crippen molar-refractivity contribution in [1.29, 1.82) is 0 Å². The average molecular weight is 382 g/mol. The molecule has 2 aromatic heterocycles. The largest absolute Gasteiger partial charge is 0.451 e. The molecule has 0 unspecified atom stereocenters. The first-order chi connectivity index (χ1) is 13.1. The Kier molecular flexibility index (Phi) is 4.72. The number of aryl methyl sites for hydroxylation is 2. The Bertz CT molecular complexity index is 994. The van der Waals surface area contributed by atoms with Crippen LogP contribution in [-0.2, 0) is 23.0 Å². The molecule has 8 heteroatoms. The van der Waals surface area contributed by atoms with Crippen LogP contribution in [0.4, 0.5) is 5.69 Å². The van der Waals surface area contributed by atoms with Crippen LogP contribution in [0.3, 0.4) is 0 Å². The molecule has 7 nitrogen and oxygen atoms in total. The van der Waals surface area contributed by atoms with Gasteiger partial charge in [-0.2, -0.15) is 5.10 Å². The van der Waals surface area contributed by atoms with Crippen LogP contribution in [0.5, 0.6) is 0 Å². The molecule has 1 aromatic carbocycles. The monoisotopic (exact) mass is 382 g/mol. The Hall–Kier alpha value is -3.00. The van der Waals surface area contributed by atoms with Crippen LogP contribution in [0.1, 0.15) is 22.5 Å². The molecule has 3 heterocycles. The molecule has 3 aromatic rings. The Balaban J connectivity index is 1.40. The third-order valence-corrected chi connectivity index (χ3v) is 5.29. The first-order valence-corrected chi connectivity index (χ1v) is 9.50. The molecule has 0 N–H and O–H groups in total. The summed E-state index contributed by atoms with van der Waals surface area (Å²) in [5.41, 5.74) is 3.08. The summed E-state index contributed by atoms with van der Waals surface area (Å²) < 4.78 is 6.88. The van der Waals surface area contributed by atoms with Crippen molar-refractivity contribution < 1.29 is 14.3 Å². The maximum absolute atomic E-state index is 12.5. The number of hydrogen-bond donors (Lipinski definition) is 0. The van der Waals surface area contributed by atoms with Gasteiger partial charge in [-0.1, -0.05) is 18.2 Å². The molecular weight excluding hydrogens is 364 g/mol. The summed E-state index contributed by atoms with van der Waals surface area (Å²) in [6.07, 6.45) is 5.36. The zero-order valence-corrected chi connectivity index (χ0v) is 15.6. The van der Waals surface area contributed by atoms with Gasteiger partial charge in [0.25, 0.3) is 5.91 Å². The number of amides is 1. The molecule has 4 rings (SSSR count). The molecule has 27 heavy (non-hydrogen) atoms. The number of carbonyl (C=O) groups is 2. The van der Waals surface area contributed by atoms with E-state index >= 15 is 0 Å². The minimum atomic E-state index is -0.597. The number of thiazole rings is 1. The molecule has 138 valence electrons. The van der Waals surface area contributed by atoms with Crippen LogP contribution in [-0.4, -0.2) is 39.8 Å². The van der Waals surface area contributed by atoms with Crippen molar-refractivity contribution in [2.75, 3.05) is 18.1 Å². The van der Waals surface area contributed by atoms with Gasteiger partial charge in [0, 0.05) is 36.4 Å². The fourth-order valence-electron chi connectivity index (χ4n) is 3.10. The second kappa shape index (κ2) is 7.32. The highest BCUT2D eigenvalue weighted by Gasteiger charge is 2.23. The van der Waals surface area contributed by atoms with Gasteiger partial charge in [-0.05, 0) is 24.5 Å². The number of anilines is 1. The highest BCUT2D eigenvalue weighted by molar-refractivity contribution is 7.13. The molecule has 1 aliphatic rings. The fraction of sp³-hybridized carbons (Fsp3) is 0.263.